The van der Waals surface area contributed by atoms with Crippen molar-refractivity contribution in [2.24, 2.45) is 0 Å². The van der Waals surface area contributed by atoms with Gasteiger partial charge in [-0.2, -0.15) is 0 Å². The Morgan fingerprint density at radius 3 is 2.05 bits per heavy atom. The van der Waals surface area contributed by atoms with Crippen LogP contribution in [-0.2, 0) is 11.2 Å². The Hall–Kier alpha value is -2.00. The van der Waals surface area contributed by atoms with Crippen molar-refractivity contribution in [2.75, 3.05) is 13.4 Å². The van der Waals surface area contributed by atoms with Crippen LogP contribution in [0.25, 0.3) is 0 Å². The first-order valence-corrected chi connectivity index (χ1v) is 6.35. The van der Waals surface area contributed by atoms with E-state index in [1.165, 1.54) is 11.1 Å². The number of phenols is 1. The van der Waals surface area contributed by atoms with Crippen molar-refractivity contribution in [2.45, 2.75) is 13.3 Å². The van der Waals surface area contributed by atoms with Crippen molar-refractivity contribution in [3.63, 3.8) is 0 Å². The molecule has 1 N–H and O–H groups in total. The zero-order valence-corrected chi connectivity index (χ0v) is 11.0. The van der Waals surface area contributed by atoms with Gasteiger partial charge in [0, 0.05) is 6.61 Å². The molecule has 100 valence electrons. The maximum atomic E-state index is 9.23. The standard InChI is InChI=1S/C16H18O3/c1-2-18-12-19-16-9-5-14(6-10-16)11-13-3-7-15(17)8-4-13/h3-10,17H,2,11-12H2,1H3. The summed E-state index contributed by atoms with van der Waals surface area (Å²) in [5.74, 6) is 1.10. The SMILES string of the molecule is CCOCOc1ccc(Cc2ccc(O)cc2)cc1. The second-order valence-corrected chi connectivity index (χ2v) is 4.24. The summed E-state index contributed by atoms with van der Waals surface area (Å²) in [7, 11) is 0. The predicted molar refractivity (Wildman–Crippen MR) is 74.5 cm³/mol. The average molecular weight is 258 g/mol. The van der Waals surface area contributed by atoms with Crippen LogP contribution in [-0.4, -0.2) is 18.5 Å². The molecule has 0 heterocycles. The molecule has 3 nitrogen and oxygen atoms in total. The highest BCUT2D eigenvalue weighted by molar-refractivity contribution is 5.33. The van der Waals surface area contributed by atoms with Gasteiger partial charge in [-0.15, -0.1) is 0 Å². The molecule has 0 atom stereocenters. The molecule has 3 heteroatoms. The lowest BCUT2D eigenvalue weighted by atomic mass is 10.0. The molecule has 2 aromatic carbocycles. The van der Waals surface area contributed by atoms with Crippen LogP contribution >= 0.6 is 0 Å². The van der Waals surface area contributed by atoms with E-state index in [1.54, 1.807) is 12.1 Å². The Balaban J connectivity index is 1.92. The molecule has 0 saturated carbocycles. The van der Waals surface area contributed by atoms with Crippen molar-refractivity contribution in [1.29, 1.82) is 0 Å². The Kier molecular flexibility index (Phi) is 4.81. The third-order valence-corrected chi connectivity index (χ3v) is 2.78. The lowest BCUT2D eigenvalue weighted by molar-refractivity contribution is 0.0224. The fourth-order valence-corrected chi connectivity index (χ4v) is 1.75. The molecule has 0 spiro atoms. The summed E-state index contributed by atoms with van der Waals surface area (Å²) in [5, 5.41) is 9.23. The number of benzene rings is 2. The van der Waals surface area contributed by atoms with E-state index in [-0.39, 0.29) is 6.79 Å². The summed E-state index contributed by atoms with van der Waals surface area (Å²) in [4.78, 5) is 0. The van der Waals surface area contributed by atoms with Gasteiger partial charge in [0.1, 0.15) is 11.5 Å². The van der Waals surface area contributed by atoms with Gasteiger partial charge in [-0.1, -0.05) is 24.3 Å². The molecule has 0 fully saturated rings. The van der Waals surface area contributed by atoms with Crippen LogP contribution in [0.1, 0.15) is 18.1 Å². The second-order valence-electron chi connectivity index (χ2n) is 4.24. The minimum atomic E-state index is 0.286. The van der Waals surface area contributed by atoms with Crippen LogP contribution in [0.2, 0.25) is 0 Å². The first kappa shape index (κ1) is 13.4. The molecule has 0 radical (unpaired) electrons. The normalized spacial score (nSPS) is 10.4. The second kappa shape index (κ2) is 6.81. The Morgan fingerprint density at radius 2 is 1.47 bits per heavy atom. The van der Waals surface area contributed by atoms with Crippen LogP contribution in [0.5, 0.6) is 11.5 Å². The molecule has 0 bridgehead atoms. The summed E-state index contributed by atoms with van der Waals surface area (Å²) in [6.07, 6.45) is 0.839. The zero-order chi connectivity index (χ0) is 13.5. The minimum absolute atomic E-state index is 0.286. The van der Waals surface area contributed by atoms with Gasteiger partial charge in [0.2, 0.25) is 0 Å². The van der Waals surface area contributed by atoms with Gasteiger partial charge < -0.3 is 14.6 Å². The summed E-state index contributed by atoms with van der Waals surface area (Å²) in [6, 6.07) is 15.2. The highest BCUT2D eigenvalue weighted by Crippen LogP contribution is 2.17. The predicted octanol–water partition coefficient (Wildman–Crippen LogP) is 3.36. The minimum Gasteiger partial charge on any atom is -0.508 e. The van der Waals surface area contributed by atoms with E-state index in [9.17, 15) is 5.11 Å². The molecule has 0 aromatic heterocycles. The van der Waals surface area contributed by atoms with E-state index in [4.69, 9.17) is 9.47 Å². The van der Waals surface area contributed by atoms with Gasteiger partial charge in [0.15, 0.2) is 6.79 Å². The van der Waals surface area contributed by atoms with Crippen molar-refractivity contribution >= 4 is 0 Å². The highest BCUT2D eigenvalue weighted by atomic mass is 16.7. The van der Waals surface area contributed by atoms with E-state index >= 15 is 0 Å². The number of rotatable bonds is 6. The molecule has 0 aliphatic carbocycles. The zero-order valence-electron chi connectivity index (χ0n) is 11.0. The van der Waals surface area contributed by atoms with Gasteiger partial charge in [0.25, 0.3) is 0 Å². The van der Waals surface area contributed by atoms with Crippen molar-refractivity contribution in [3.05, 3.63) is 59.7 Å². The first-order valence-electron chi connectivity index (χ1n) is 6.35. The third-order valence-electron chi connectivity index (χ3n) is 2.78. The largest absolute Gasteiger partial charge is 0.508 e. The average Bonchev–Trinajstić information content (AvgIpc) is 2.44. The van der Waals surface area contributed by atoms with Crippen LogP contribution in [0.3, 0.4) is 0 Å². The molecule has 0 aliphatic heterocycles. The number of ether oxygens (including phenoxy) is 2. The Morgan fingerprint density at radius 1 is 0.895 bits per heavy atom. The lowest BCUT2D eigenvalue weighted by Gasteiger charge is -2.07. The van der Waals surface area contributed by atoms with E-state index in [0.717, 1.165) is 12.2 Å². The molecule has 0 unspecified atom stereocenters. The maximum absolute atomic E-state index is 9.23. The van der Waals surface area contributed by atoms with Crippen molar-refractivity contribution in [3.8, 4) is 11.5 Å². The topological polar surface area (TPSA) is 38.7 Å². The summed E-state index contributed by atoms with van der Waals surface area (Å²) >= 11 is 0. The van der Waals surface area contributed by atoms with Crippen LogP contribution in [0.15, 0.2) is 48.5 Å². The van der Waals surface area contributed by atoms with Gasteiger partial charge in [-0.25, -0.2) is 0 Å². The summed E-state index contributed by atoms with van der Waals surface area (Å²) in [6.45, 7) is 2.87. The molecular weight excluding hydrogens is 240 g/mol. The first-order chi connectivity index (χ1) is 9.28. The quantitative estimate of drug-likeness (QED) is 0.638. The lowest BCUT2D eigenvalue weighted by Crippen LogP contribution is -2.01. The molecule has 19 heavy (non-hydrogen) atoms. The number of hydrogen-bond acceptors (Lipinski definition) is 3. The number of hydrogen-bond donors (Lipinski definition) is 1. The number of aromatic hydroxyl groups is 1. The Bertz CT molecular complexity index is 488. The summed E-state index contributed by atoms with van der Waals surface area (Å²) in [5.41, 5.74) is 2.37. The smallest absolute Gasteiger partial charge is 0.189 e. The molecular formula is C16H18O3. The van der Waals surface area contributed by atoms with Crippen molar-refractivity contribution in [1.82, 2.24) is 0 Å². The third kappa shape index (κ3) is 4.30. The molecule has 0 saturated heterocycles. The fraction of sp³-hybridized carbons (Fsp3) is 0.250. The monoisotopic (exact) mass is 258 g/mol. The fourth-order valence-electron chi connectivity index (χ4n) is 1.75. The van der Waals surface area contributed by atoms with Gasteiger partial charge in [-0.3, -0.25) is 0 Å². The van der Waals surface area contributed by atoms with E-state index in [0.29, 0.717) is 12.4 Å². The highest BCUT2D eigenvalue weighted by Gasteiger charge is 1.98. The van der Waals surface area contributed by atoms with E-state index in [1.807, 2.05) is 43.3 Å². The molecule has 0 amide bonds. The van der Waals surface area contributed by atoms with Gasteiger partial charge >= 0.3 is 0 Å². The van der Waals surface area contributed by atoms with Crippen LogP contribution < -0.4 is 4.74 Å². The molecule has 0 aliphatic rings. The van der Waals surface area contributed by atoms with Crippen LogP contribution in [0, 0.1) is 0 Å². The Labute approximate surface area is 113 Å². The van der Waals surface area contributed by atoms with Crippen LogP contribution in [0.4, 0.5) is 0 Å². The van der Waals surface area contributed by atoms with E-state index in [2.05, 4.69) is 0 Å². The summed E-state index contributed by atoms with van der Waals surface area (Å²) < 4.78 is 10.5. The number of phenolic OH excluding ortho intramolecular Hbond substituents is 1. The molecule has 2 aromatic rings. The van der Waals surface area contributed by atoms with Gasteiger partial charge in [0.05, 0.1) is 0 Å². The van der Waals surface area contributed by atoms with E-state index < -0.39 is 0 Å². The molecule has 2 rings (SSSR count). The van der Waals surface area contributed by atoms with Gasteiger partial charge in [-0.05, 0) is 48.7 Å². The van der Waals surface area contributed by atoms with Crippen molar-refractivity contribution < 1.29 is 14.6 Å². The maximum Gasteiger partial charge on any atom is 0.189 e.